The molecule has 1 aliphatic heterocycles. The van der Waals surface area contributed by atoms with E-state index in [2.05, 4.69) is 18.0 Å². The van der Waals surface area contributed by atoms with Crippen molar-refractivity contribution >= 4 is 40.0 Å². The van der Waals surface area contributed by atoms with Crippen molar-refractivity contribution in [3.05, 3.63) is 64.7 Å². The van der Waals surface area contributed by atoms with E-state index in [4.69, 9.17) is 11.6 Å². The van der Waals surface area contributed by atoms with E-state index in [-0.39, 0.29) is 12.3 Å². The Hall–Kier alpha value is -1.78. The van der Waals surface area contributed by atoms with Crippen LogP contribution in [0.1, 0.15) is 22.3 Å². The first-order valence-corrected chi connectivity index (χ1v) is 9.31. The normalized spacial score (nSPS) is 14.2. The van der Waals surface area contributed by atoms with Gasteiger partial charge >= 0.3 is 0 Å². The lowest BCUT2D eigenvalue weighted by atomic mass is 10.1. The molecule has 3 nitrogen and oxygen atoms in total. The molecule has 2 aromatic carbocycles. The number of benzene rings is 2. The molecular weight excluding hydrogens is 340 g/mol. The zero-order valence-corrected chi connectivity index (χ0v) is 15.1. The summed E-state index contributed by atoms with van der Waals surface area (Å²) in [5.41, 5.74) is 2.84. The highest BCUT2D eigenvalue weighted by atomic mass is 35.5. The summed E-state index contributed by atoms with van der Waals surface area (Å²) < 4.78 is 0. The van der Waals surface area contributed by atoms with Gasteiger partial charge in [-0.05, 0) is 49.2 Å². The predicted molar refractivity (Wildman–Crippen MR) is 104 cm³/mol. The number of hydrogen-bond donors (Lipinski definition) is 0. The summed E-state index contributed by atoms with van der Waals surface area (Å²) in [5, 5.41) is 1.56. The quantitative estimate of drug-likeness (QED) is 0.734. The first-order valence-electron chi connectivity index (χ1n) is 7.94. The molecule has 5 heteroatoms. The maximum atomic E-state index is 12.7. The number of aryl methyl sites for hydroxylation is 1. The van der Waals surface area contributed by atoms with Crippen molar-refractivity contribution in [2.75, 3.05) is 23.7 Å². The average molecular weight is 359 g/mol. The molecule has 0 saturated heterocycles. The molecule has 0 atom stereocenters. The minimum atomic E-state index is 0.0591. The van der Waals surface area contributed by atoms with Gasteiger partial charge in [-0.3, -0.25) is 9.79 Å². The molecule has 0 spiro atoms. The lowest BCUT2D eigenvalue weighted by molar-refractivity contribution is 0.100. The minimum absolute atomic E-state index is 0.0591. The van der Waals surface area contributed by atoms with E-state index in [0.29, 0.717) is 10.6 Å². The third kappa shape index (κ3) is 4.00. The predicted octanol–water partition coefficient (Wildman–Crippen LogP) is 4.83. The number of carbonyl (C=O) groups is 1. The second-order valence-electron chi connectivity index (χ2n) is 5.67. The van der Waals surface area contributed by atoms with E-state index < -0.39 is 0 Å². The largest absolute Gasteiger partial charge is 0.313 e. The van der Waals surface area contributed by atoms with Crippen molar-refractivity contribution in [1.82, 2.24) is 0 Å². The van der Waals surface area contributed by atoms with Crippen LogP contribution in [0.3, 0.4) is 0 Å². The molecule has 0 bridgehead atoms. The number of para-hydroxylation sites is 1. The number of nitrogens with zero attached hydrogens (tertiary/aromatic N) is 2. The number of Topliss-reactive ketones (excluding diaryl/α,β-unsaturated/α-hetero) is 1. The number of hydrogen-bond acceptors (Lipinski definition) is 4. The summed E-state index contributed by atoms with van der Waals surface area (Å²) in [6.07, 6.45) is 1.08. The fraction of sp³-hybridized carbons (Fsp3) is 0.263. The van der Waals surface area contributed by atoms with E-state index >= 15 is 0 Å². The van der Waals surface area contributed by atoms with Gasteiger partial charge in [-0.2, -0.15) is 0 Å². The Morgan fingerprint density at radius 2 is 1.96 bits per heavy atom. The third-order valence-electron chi connectivity index (χ3n) is 3.89. The van der Waals surface area contributed by atoms with E-state index in [0.717, 1.165) is 35.1 Å². The first kappa shape index (κ1) is 17.1. The van der Waals surface area contributed by atoms with Crippen LogP contribution < -0.4 is 4.90 Å². The van der Waals surface area contributed by atoms with Crippen LogP contribution in [0.15, 0.2) is 53.5 Å². The number of ketones is 1. The Morgan fingerprint density at radius 3 is 2.62 bits per heavy atom. The topological polar surface area (TPSA) is 32.7 Å². The summed E-state index contributed by atoms with van der Waals surface area (Å²) in [4.78, 5) is 19.4. The standard InChI is InChI=1S/C19H19ClN2OS/c1-14-5-2-3-6-17(14)22(19-21-11-4-12-24-19)13-18(23)15-7-9-16(20)10-8-15/h2-3,5-10H,4,11-13H2,1H3. The second-order valence-corrected chi connectivity index (χ2v) is 7.17. The van der Waals surface area contributed by atoms with Crippen LogP contribution in [-0.2, 0) is 0 Å². The zero-order chi connectivity index (χ0) is 16.9. The van der Waals surface area contributed by atoms with Crippen molar-refractivity contribution in [2.24, 2.45) is 4.99 Å². The number of thioether (sulfide) groups is 1. The summed E-state index contributed by atoms with van der Waals surface area (Å²) in [6.45, 7) is 3.15. The Balaban J connectivity index is 1.90. The molecule has 0 N–H and O–H groups in total. The van der Waals surface area contributed by atoms with Gasteiger partial charge < -0.3 is 4.90 Å². The van der Waals surface area contributed by atoms with Gasteiger partial charge in [0.2, 0.25) is 0 Å². The lowest BCUT2D eigenvalue weighted by Crippen LogP contribution is -2.36. The molecule has 0 aromatic heterocycles. The molecule has 124 valence electrons. The Kier molecular flexibility index (Phi) is 5.59. The van der Waals surface area contributed by atoms with Gasteiger partial charge in [-0.25, -0.2) is 0 Å². The molecule has 1 aliphatic rings. The van der Waals surface area contributed by atoms with Crippen molar-refractivity contribution in [3.8, 4) is 0 Å². The monoisotopic (exact) mass is 358 g/mol. The fourth-order valence-electron chi connectivity index (χ4n) is 2.60. The highest BCUT2D eigenvalue weighted by Gasteiger charge is 2.21. The molecule has 24 heavy (non-hydrogen) atoms. The van der Waals surface area contributed by atoms with Gasteiger partial charge in [0.05, 0.1) is 6.54 Å². The molecule has 1 heterocycles. The highest BCUT2D eigenvalue weighted by molar-refractivity contribution is 8.14. The average Bonchev–Trinajstić information content (AvgIpc) is 2.61. The lowest BCUT2D eigenvalue weighted by Gasteiger charge is -2.28. The Labute approximate surface area is 151 Å². The number of amidine groups is 1. The van der Waals surface area contributed by atoms with Gasteiger partial charge in [-0.1, -0.05) is 41.6 Å². The van der Waals surface area contributed by atoms with Gasteiger partial charge in [-0.15, -0.1) is 0 Å². The number of anilines is 1. The smallest absolute Gasteiger partial charge is 0.182 e. The van der Waals surface area contributed by atoms with Gasteiger partial charge in [0.25, 0.3) is 0 Å². The minimum Gasteiger partial charge on any atom is -0.313 e. The number of rotatable bonds is 4. The zero-order valence-electron chi connectivity index (χ0n) is 13.5. The first-order chi connectivity index (χ1) is 11.6. The SMILES string of the molecule is Cc1ccccc1N(CC(=O)c1ccc(Cl)cc1)C1=NCCCS1. The molecule has 2 aromatic rings. The number of aliphatic imine (C=N–C) groups is 1. The summed E-state index contributed by atoms with van der Waals surface area (Å²) in [6, 6.07) is 15.2. The van der Waals surface area contributed by atoms with Crippen LogP contribution in [-0.4, -0.2) is 29.8 Å². The van der Waals surface area contributed by atoms with Crippen LogP contribution in [0.25, 0.3) is 0 Å². The number of carbonyl (C=O) groups excluding carboxylic acids is 1. The second kappa shape index (κ2) is 7.86. The van der Waals surface area contributed by atoms with Gasteiger partial charge in [0.15, 0.2) is 11.0 Å². The van der Waals surface area contributed by atoms with Crippen molar-refractivity contribution in [2.45, 2.75) is 13.3 Å². The van der Waals surface area contributed by atoms with E-state index in [1.165, 1.54) is 0 Å². The Morgan fingerprint density at radius 1 is 1.21 bits per heavy atom. The molecule has 0 fully saturated rings. The maximum absolute atomic E-state index is 12.7. The number of halogens is 1. The van der Waals surface area contributed by atoms with Crippen LogP contribution in [0.4, 0.5) is 5.69 Å². The maximum Gasteiger partial charge on any atom is 0.182 e. The molecule has 0 saturated carbocycles. The third-order valence-corrected chi connectivity index (χ3v) is 5.24. The molecular formula is C19H19ClN2OS. The van der Waals surface area contributed by atoms with E-state index in [1.54, 1.807) is 36.0 Å². The molecule has 0 amide bonds. The molecule has 3 rings (SSSR count). The summed E-state index contributed by atoms with van der Waals surface area (Å²) >= 11 is 7.63. The molecule has 0 radical (unpaired) electrons. The van der Waals surface area contributed by atoms with Crippen LogP contribution in [0.2, 0.25) is 5.02 Å². The van der Waals surface area contributed by atoms with Crippen molar-refractivity contribution in [3.63, 3.8) is 0 Å². The van der Waals surface area contributed by atoms with Crippen LogP contribution in [0.5, 0.6) is 0 Å². The van der Waals surface area contributed by atoms with E-state index in [1.807, 2.05) is 23.1 Å². The van der Waals surface area contributed by atoms with Crippen molar-refractivity contribution < 1.29 is 4.79 Å². The summed E-state index contributed by atoms with van der Waals surface area (Å²) in [5.74, 6) is 1.10. The van der Waals surface area contributed by atoms with Crippen LogP contribution >= 0.6 is 23.4 Å². The van der Waals surface area contributed by atoms with E-state index in [9.17, 15) is 4.79 Å². The fourth-order valence-corrected chi connectivity index (χ4v) is 3.69. The highest BCUT2D eigenvalue weighted by Crippen LogP contribution is 2.26. The van der Waals surface area contributed by atoms with Crippen molar-refractivity contribution in [1.29, 1.82) is 0 Å². The molecule has 0 unspecified atom stereocenters. The van der Waals surface area contributed by atoms with Crippen LogP contribution in [0, 0.1) is 6.92 Å². The van der Waals surface area contributed by atoms with Gasteiger partial charge in [0, 0.05) is 28.6 Å². The molecule has 0 aliphatic carbocycles. The Bertz CT molecular complexity index is 758. The van der Waals surface area contributed by atoms with Gasteiger partial charge in [0.1, 0.15) is 0 Å². The summed E-state index contributed by atoms with van der Waals surface area (Å²) in [7, 11) is 0.